The molecule has 4 heteroatoms. The maximum atomic E-state index is 8.98. The third-order valence-corrected chi connectivity index (χ3v) is 2.39. The van der Waals surface area contributed by atoms with Crippen molar-refractivity contribution >= 4 is 5.69 Å². The van der Waals surface area contributed by atoms with Crippen molar-refractivity contribution < 1.29 is 4.42 Å². The third kappa shape index (κ3) is 2.64. The van der Waals surface area contributed by atoms with Crippen molar-refractivity contribution in [1.82, 2.24) is 4.98 Å². The average molecular weight is 227 g/mol. The Morgan fingerprint density at radius 1 is 1.41 bits per heavy atom. The van der Waals surface area contributed by atoms with Crippen LogP contribution < -0.4 is 5.32 Å². The number of aryl methyl sites for hydroxylation is 2. The van der Waals surface area contributed by atoms with E-state index in [9.17, 15) is 0 Å². The summed E-state index contributed by atoms with van der Waals surface area (Å²) in [6, 6.07) is 7.81. The van der Waals surface area contributed by atoms with Gasteiger partial charge in [0.15, 0.2) is 0 Å². The molecule has 1 aromatic heterocycles. The maximum Gasteiger partial charge on any atom is 0.213 e. The van der Waals surface area contributed by atoms with Crippen LogP contribution in [-0.4, -0.2) is 4.98 Å². The van der Waals surface area contributed by atoms with Gasteiger partial charge in [-0.25, -0.2) is 4.98 Å². The fourth-order valence-electron chi connectivity index (χ4n) is 1.56. The topological polar surface area (TPSA) is 61.9 Å². The van der Waals surface area contributed by atoms with Crippen molar-refractivity contribution in [1.29, 1.82) is 5.26 Å². The first-order valence-corrected chi connectivity index (χ1v) is 5.35. The van der Waals surface area contributed by atoms with Gasteiger partial charge in [-0.3, -0.25) is 0 Å². The summed E-state index contributed by atoms with van der Waals surface area (Å²) in [4.78, 5) is 4.10. The van der Waals surface area contributed by atoms with Gasteiger partial charge in [0, 0.05) is 0 Å². The van der Waals surface area contributed by atoms with E-state index >= 15 is 0 Å². The summed E-state index contributed by atoms with van der Waals surface area (Å²) >= 11 is 0. The number of hydrogen-bond acceptors (Lipinski definition) is 4. The molecule has 0 aliphatic rings. The number of oxazole rings is 1. The lowest BCUT2D eigenvalue weighted by atomic mass is 10.1. The Hall–Kier alpha value is -2.28. The van der Waals surface area contributed by atoms with E-state index in [0.717, 1.165) is 17.0 Å². The van der Waals surface area contributed by atoms with Gasteiger partial charge in [-0.15, -0.1) is 0 Å². The molecule has 1 N–H and O–H groups in total. The first-order chi connectivity index (χ1) is 8.19. The molecular weight excluding hydrogens is 214 g/mol. The van der Waals surface area contributed by atoms with Crippen LogP contribution in [-0.2, 0) is 6.54 Å². The van der Waals surface area contributed by atoms with E-state index in [-0.39, 0.29) is 0 Å². The van der Waals surface area contributed by atoms with Crippen LogP contribution in [0.5, 0.6) is 0 Å². The molecule has 0 unspecified atom stereocenters. The van der Waals surface area contributed by atoms with Crippen molar-refractivity contribution in [3.8, 4) is 6.07 Å². The minimum absolute atomic E-state index is 0.478. The molecule has 0 spiro atoms. The number of nitrogens with zero attached hydrogens (tertiary/aromatic N) is 2. The van der Waals surface area contributed by atoms with E-state index in [4.69, 9.17) is 9.68 Å². The van der Waals surface area contributed by atoms with Crippen molar-refractivity contribution in [2.24, 2.45) is 0 Å². The van der Waals surface area contributed by atoms with E-state index in [1.54, 1.807) is 12.3 Å². The van der Waals surface area contributed by atoms with E-state index in [0.29, 0.717) is 18.0 Å². The Kier molecular flexibility index (Phi) is 3.10. The smallest absolute Gasteiger partial charge is 0.213 e. The molecule has 0 saturated heterocycles. The van der Waals surface area contributed by atoms with E-state index in [2.05, 4.69) is 16.4 Å². The number of benzene rings is 1. The Balaban J connectivity index is 2.13. The predicted molar refractivity (Wildman–Crippen MR) is 64.5 cm³/mol. The van der Waals surface area contributed by atoms with Crippen molar-refractivity contribution in [2.75, 3.05) is 5.32 Å². The van der Waals surface area contributed by atoms with Crippen molar-refractivity contribution in [3.63, 3.8) is 0 Å². The fraction of sp³-hybridized carbons (Fsp3) is 0.231. The molecule has 2 aromatic rings. The zero-order valence-electron chi connectivity index (χ0n) is 9.82. The molecule has 86 valence electrons. The Morgan fingerprint density at radius 3 is 2.88 bits per heavy atom. The SMILES string of the molecule is Cc1ccc(C#N)c(NCc2ncc(C)o2)c1. The normalized spacial score (nSPS) is 9.94. The molecule has 0 atom stereocenters. The molecule has 0 aliphatic heterocycles. The second-order valence-corrected chi connectivity index (χ2v) is 3.88. The summed E-state index contributed by atoms with van der Waals surface area (Å²) in [5.74, 6) is 1.40. The highest BCUT2D eigenvalue weighted by molar-refractivity contribution is 5.58. The van der Waals surface area contributed by atoms with Gasteiger partial charge in [0.2, 0.25) is 5.89 Å². The summed E-state index contributed by atoms with van der Waals surface area (Å²) in [5.41, 5.74) is 2.54. The minimum Gasteiger partial charge on any atom is -0.444 e. The summed E-state index contributed by atoms with van der Waals surface area (Å²) in [6.07, 6.45) is 1.68. The number of hydrogen-bond donors (Lipinski definition) is 1. The molecule has 1 heterocycles. The van der Waals surface area contributed by atoms with Crippen molar-refractivity contribution in [3.05, 3.63) is 47.2 Å². The largest absolute Gasteiger partial charge is 0.444 e. The number of anilines is 1. The molecule has 0 saturated carbocycles. The number of aromatic nitrogens is 1. The van der Waals surface area contributed by atoms with Gasteiger partial charge in [0.25, 0.3) is 0 Å². The fourth-order valence-corrected chi connectivity index (χ4v) is 1.56. The molecule has 0 aliphatic carbocycles. The predicted octanol–water partition coefficient (Wildman–Crippen LogP) is 2.78. The molecule has 0 amide bonds. The molecule has 2 rings (SSSR count). The maximum absolute atomic E-state index is 8.98. The van der Waals surface area contributed by atoms with Gasteiger partial charge in [0.1, 0.15) is 11.8 Å². The molecule has 0 bridgehead atoms. The van der Waals surface area contributed by atoms with Crippen LogP contribution in [0.2, 0.25) is 0 Å². The Morgan fingerprint density at radius 2 is 2.24 bits per heavy atom. The summed E-state index contributed by atoms with van der Waals surface area (Å²) in [5, 5.41) is 12.1. The van der Waals surface area contributed by atoms with Gasteiger partial charge in [-0.1, -0.05) is 6.07 Å². The molecule has 0 radical (unpaired) electrons. The number of nitrogens with one attached hydrogen (secondary N) is 1. The highest BCUT2D eigenvalue weighted by Crippen LogP contribution is 2.17. The Labute approximate surface area is 99.9 Å². The van der Waals surface area contributed by atoms with Gasteiger partial charge in [-0.05, 0) is 31.5 Å². The summed E-state index contributed by atoms with van der Waals surface area (Å²) in [7, 11) is 0. The summed E-state index contributed by atoms with van der Waals surface area (Å²) in [6.45, 7) is 4.32. The first kappa shape index (κ1) is 11.2. The molecule has 1 aromatic carbocycles. The van der Waals surface area contributed by atoms with Crippen LogP contribution in [0.3, 0.4) is 0 Å². The monoisotopic (exact) mass is 227 g/mol. The van der Waals surface area contributed by atoms with Crippen molar-refractivity contribution in [2.45, 2.75) is 20.4 Å². The Bertz CT molecular complexity index is 566. The van der Waals surface area contributed by atoms with Crippen LogP contribution in [0.25, 0.3) is 0 Å². The molecule has 0 fully saturated rings. The van der Waals surface area contributed by atoms with Gasteiger partial charge in [-0.2, -0.15) is 5.26 Å². The lowest BCUT2D eigenvalue weighted by Crippen LogP contribution is -2.01. The second-order valence-electron chi connectivity index (χ2n) is 3.88. The van der Waals surface area contributed by atoms with Crippen LogP contribution >= 0.6 is 0 Å². The van der Waals surface area contributed by atoms with E-state index in [1.165, 1.54) is 0 Å². The molecular formula is C13H13N3O. The standard InChI is InChI=1S/C13H13N3O/c1-9-3-4-11(6-14)12(5-9)15-8-13-16-7-10(2)17-13/h3-5,7,15H,8H2,1-2H3. The van der Waals surface area contributed by atoms with Gasteiger partial charge >= 0.3 is 0 Å². The van der Waals surface area contributed by atoms with Crippen LogP contribution in [0.4, 0.5) is 5.69 Å². The van der Waals surface area contributed by atoms with Gasteiger partial charge < -0.3 is 9.73 Å². The summed E-state index contributed by atoms with van der Waals surface area (Å²) < 4.78 is 5.35. The number of nitriles is 1. The second kappa shape index (κ2) is 4.71. The zero-order chi connectivity index (χ0) is 12.3. The van der Waals surface area contributed by atoms with Crippen LogP contribution in [0, 0.1) is 25.2 Å². The third-order valence-electron chi connectivity index (χ3n) is 2.39. The first-order valence-electron chi connectivity index (χ1n) is 5.35. The highest BCUT2D eigenvalue weighted by atomic mass is 16.4. The lowest BCUT2D eigenvalue weighted by Gasteiger charge is -2.06. The van der Waals surface area contributed by atoms with Crippen LogP contribution in [0.1, 0.15) is 22.8 Å². The highest BCUT2D eigenvalue weighted by Gasteiger charge is 2.04. The quantitative estimate of drug-likeness (QED) is 0.875. The van der Waals surface area contributed by atoms with Crippen LogP contribution in [0.15, 0.2) is 28.8 Å². The molecule has 17 heavy (non-hydrogen) atoms. The minimum atomic E-state index is 0.478. The van der Waals surface area contributed by atoms with E-state index in [1.807, 2.05) is 26.0 Å². The molecule has 4 nitrogen and oxygen atoms in total. The zero-order valence-corrected chi connectivity index (χ0v) is 9.82. The lowest BCUT2D eigenvalue weighted by molar-refractivity contribution is 0.479. The average Bonchev–Trinajstić information content (AvgIpc) is 2.73. The number of rotatable bonds is 3. The van der Waals surface area contributed by atoms with E-state index < -0.39 is 0 Å². The van der Waals surface area contributed by atoms with Gasteiger partial charge in [0.05, 0.1) is 24.0 Å².